The van der Waals surface area contributed by atoms with E-state index in [9.17, 15) is 31.2 Å². The van der Waals surface area contributed by atoms with E-state index < -0.39 is 40.2 Å². The lowest BCUT2D eigenvalue weighted by atomic mass is 9.66. The molecule has 0 amide bonds. The van der Waals surface area contributed by atoms with Crippen molar-refractivity contribution in [3.63, 3.8) is 0 Å². The Morgan fingerprint density at radius 2 is 1.69 bits per heavy atom. The summed E-state index contributed by atoms with van der Waals surface area (Å²) in [6, 6.07) is 3.64. The highest BCUT2D eigenvalue weighted by molar-refractivity contribution is 7.90. The van der Waals surface area contributed by atoms with Gasteiger partial charge in [0.15, 0.2) is 5.78 Å². The minimum atomic E-state index is -5.46. The van der Waals surface area contributed by atoms with Gasteiger partial charge in [-0.05, 0) is 67.9 Å². The maximum absolute atomic E-state index is 13.5. The number of sulfonamides is 1. The zero-order valence-electron chi connectivity index (χ0n) is 19.8. The number of nitrogens with zero attached hydrogens (tertiary/aromatic N) is 1. The van der Waals surface area contributed by atoms with Gasteiger partial charge in [0.2, 0.25) is 0 Å². The Balaban J connectivity index is 2.02. The number of hydrogen-bond acceptors (Lipinski definition) is 6. The monoisotopic (exact) mass is 513 g/mol. The SMILES string of the molecule is CC#Cc1cc(C)c(C2=C(OC(=O)OC)CC3(CCN(S(=O)(=O)C(F)(F)F)CC3)CC2=O)c(C)c1. The van der Waals surface area contributed by atoms with E-state index in [1.54, 1.807) is 6.92 Å². The van der Waals surface area contributed by atoms with Crippen molar-refractivity contribution < 1.29 is 40.7 Å². The second kappa shape index (κ2) is 9.66. The molecule has 0 bridgehead atoms. The molecule has 11 heteroatoms. The lowest BCUT2D eigenvalue weighted by molar-refractivity contribution is -0.117. The average Bonchev–Trinajstić information content (AvgIpc) is 2.74. The first-order chi connectivity index (χ1) is 16.2. The number of benzene rings is 1. The minimum Gasteiger partial charge on any atom is -0.437 e. The summed E-state index contributed by atoms with van der Waals surface area (Å²) in [4.78, 5) is 25.5. The number of Topliss-reactive ketones (excluding diaryl/α,β-unsaturated/α-hetero) is 1. The van der Waals surface area contributed by atoms with Gasteiger partial charge in [0, 0.05) is 31.5 Å². The van der Waals surface area contributed by atoms with Gasteiger partial charge in [-0.1, -0.05) is 5.92 Å². The average molecular weight is 514 g/mol. The molecule has 35 heavy (non-hydrogen) atoms. The summed E-state index contributed by atoms with van der Waals surface area (Å²) in [6.45, 7) is 4.55. The first kappa shape index (κ1) is 26.8. The summed E-state index contributed by atoms with van der Waals surface area (Å²) in [5.41, 5.74) is -3.15. The van der Waals surface area contributed by atoms with Crippen molar-refractivity contribution >= 4 is 27.5 Å². The zero-order chi connectivity index (χ0) is 26.2. The molecule has 1 aliphatic carbocycles. The summed E-state index contributed by atoms with van der Waals surface area (Å²) in [5, 5.41) is 0. The van der Waals surface area contributed by atoms with E-state index in [0.29, 0.717) is 9.87 Å². The van der Waals surface area contributed by atoms with Crippen LogP contribution >= 0.6 is 0 Å². The predicted octanol–water partition coefficient (Wildman–Crippen LogP) is 4.46. The Morgan fingerprint density at radius 1 is 1.11 bits per heavy atom. The molecule has 0 saturated carbocycles. The van der Waals surface area contributed by atoms with E-state index in [2.05, 4.69) is 16.6 Å². The van der Waals surface area contributed by atoms with Crippen molar-refractivity contribution in [2.24, 2.45) is 5.41 Å². The number of methoxy groups -OCH3 is 1. The number of aryl methyl sites for hydroxylation is 2. The highest BCUT2D eigenvalue weighted by Crippen LogP contribution is 2.49. The van der Waals surface area contributed by atoms with Crippen LogP contribution in [0, 0.1) is 31.1 Å². The summed E-state index contributed by atoms with van der Waals surface area (Å²) in [5.74, 6) is 5.52. The molecule has 1 heterocycles. The molecule has 190 valence electrons. The van der Waals surface area contributed by atoms with Crippen LogP contribution < -0.4 is 0 Å². The molecule has 1 aromatic carbocycles. The van der Waals surface area contributed by atoms with Crippen molar-refractivity contribution in [3.8, 4) is 11.8 Å². The number of allylic oxidation sites excluding steroid dienone is 2. The molecule has 0 radical (unpaired) electrons. The first-order valence-electron chi connectivity index (χ1n) is 10.9. The molecule has 1 fully saturated rings. The zero-order valence-corrected chi connectivity index (χ0v) is 20.7. The maximum Gasteiger partial charge on any atom is 0.513 e. The van der Waals surface area contributed by atoms with Crippen LogP contribution in [0.5, 0.6) is 0 Å². The summed E-state index contributed by atoms with van der Waals surface area (Å²) in [7, 11) is -4.34. The van der Waals surface area contributed by atoms with Crippen LogP contribution in [0.25, 0.3) is 5.57 Å². The van der Waals surface area contributed by atoms with Crippen molar-refractivity contribution in [2.45, 2.75) is 52.0 Å². The minimum absolute atomic E-state index is 0.00827. The highest BCUT2D eigenvalue weighted by atomic mass is 32.2. The Hall–Kier alpha value is -2.84. The summed E-state index contributed by atoms with van der Waals surface area (Å²) >= 11 is 0. The fourth-order valence-corrected chi connectivity index (χ4v) is 5.82. The van der Waals surface area contributed by atoms with Crippen molar-refractivity contribution in [1.29, 1.82) is 0 Å². The Bertz CT molecular complexity index is 1220. The highest BCUT2D eigenvalue weighted by Gasteiger charge is 2.53. The lowest BCUT2D eigenvalue weighted by Gasteiger charge is -2.43. The number of carbonyl (C=O) groups is 2. The molecule has 1 aliphatic heterocycles. The quantitative estimate of drug-likeness (QED) is 0.438. The second-order valence-electron chi connectivity index (χ2n) is 8.84. The Kier molecular flexibility index (Phi) is 7.39. The van der Waals surface area contributed by atoms with Gasteiger partial charge in [0.1, 0.15) is 5.76 Å². The number of alkyl halides is 3. The fraction of sp³-hybridized carbons (Fsp3) is 0.500. The predicted molar refractivity (Wildman–Crippen MR) is 121 cm³/mol. The topological polar surface area (TPSA) is 90.0 Å². The van der Waals surface area contributed by atoms with Crippen molar-refractivity contribution in [3.05, 3.63) is 40.1 Å². The van der Waals surface area contributed by atoms with Crippen molar-refractivity contribution in [2.75, 3.05) is 20.2 Å². The van der Waals surface area contributed by atoms with E-state index in [4.69, 9.17) is 4.74 Å². The van der Waals surface area contributed by atoms with Crippen LogP contribution in [0.3, 0.4) is 0 Å². The maximum atomic E-state index is 13.5. The molecule has 0 aromatic heterocycles. The van der Waals surface area contributed by atoms with Gasteiger partial charge in [0.25, 0.3) is 0 Å². The number of hydrogen-bond donors (Lipinski definition) is 0. The van der Waals surface area contributed by atoms with Gasteiger partial charge in [-0.15, -0.1) is 5.92 Å². The van der Waals surface area contributed by atoms with Gasteiger partial charge in [-0.3, -0.25) is 4.79 Å². The van der Waals surface area contributed by atoms with Gasteiger partial charge in [-0.2, -0.15) is 17.5 Å². The molecule has 1 spiro atoms. The Morgan fingerprint density at radius 3 is 2.17 bits per heavy atom. The van der Waals surface area contributed by atoms with Crippen LogP contribution in [0.1, 0.15) is 54.9 Å². The van der Waals surface area contributed by atoms with E-state index >= 15 is 0 Å². The number of ether oxygens (including phenoxy) is 2. The molecule has 2 aliphatic rings. The van der Waals surface area contributed by atoms with E-state index in [1.165, 1.54) is 0 Å². The number of ketones is 1. The van der Waals surface area contributed by atoms with E-state index in [0.717, 1.165) is 23.8 Å². The fourth-order valence-electron chi connectivity index (χ4n) is 4.86. The molecule has 0 unspecified atom stereocenters. The smallest absolute Gasteiger partial charge is 0.437 e. The van der Waals surface area contributed by atoms with Crippen LogP contribution in [0.15, 0.2) is 17.9 Å². The van der Waals surface area contributed by atoms with Gasteiger partial charge < -0.3 is 9.47 Å². The lowest BCUT2D eigenvalue weighted by Crippen LogP contribution is -2.49. The second-order valence-corrected chi connectivity index (χ2v) is 10.8. The van der Waals surface area contributed by atoms with Crippen molar-refractivity contribution in [1.82, 2.24) is 4.31 Å². The molecule has 0 N–H and O–H groups in total. The molecular weight excluding hydrogens is 487 g/mol. The van der Waals surface area contributed by atoms with Gasteiger partial charge in [0.05, 0.1) is 12.7 Å². The molecule has 7 nitrogen and oxygen atoms in total. The molecule has 0 atom stereocenters. The molecule has 1 saturated heterocycles. The van der Waals surface area contributed by atoms with Gasteiger partial charge in [-0.25, -0.2) is 13.2 Å². The third-order valence-corrected chi connectivity index (χ3v) is 8.10. The third-order valence-electron chi connectivity index (χ3n) is 6.47. The Labute approximate surface area is 202 Å². The van der Waals surface area contributed by atoms with E-state index in [1.807, 2.05) is 26.0 Å². The standard InChI is InChI=1S/C24H26F3NO6S/c1-5-6-17-11-15(2)20(16(3)12-17)21-18(29)13-23(14-19(21)34-22(30)33-4)7-9-28(10-8-23)35(31,32)24(25,26)27/h11-12H,7-10,13-14H2,1-4H3. The third kappa shape index (κ3) is 5.23. The first-order valence-corrected chi connectivity index (χ1v) is 12.3. The van der Waals surface area contributed by atoms with Crippen LogP contribution in [0.2, 0.25) is 0 Å². The molecule has 3 rings (SSSR count). The van der Waals surface area contributed by atoms with Gasteiger partial charge >= 0.3 is 21.7 Å². The van der Waals surface area contributed by atoms with Crippen LogP contribution in [-0.4, -0.2) is 50.4 Å². The normalized spacial score (nSPS) is 18.8. The summed E-state index contributed by atoms with van der Waals surface area (Å²) < 4.78 is 73.0. The number of halogens is 3. The number of carbonyl (C=O) groups excluding carboxylic acids is 2. The number of rotatable bonds is 3. The van der Waals surface area contributed by atoms with Crippen LogP contribution in [-0.2, 0) is 24.3 Å². The number of piperidine rings is 1. The molecular formula is C24H26F3NO6S. The van der Waals surface area contributed by atoms with E-state index in [-0.39, 0.29) is 42.8 Å². The van der Waals surface area contributed by atoms with Crippen LogP contribution in [0.4, 0.5) is 18.0 Å². The largest absolute Gasteiger partial charge is 0.513 e. The summed E-state index contributed by atoms with van der Waals surface area (Å²) in [6.07, 6.45) is -0.927. The molecule has 1 aromatic rings.